The van der Waals surface area contributed by atoms with Gasteiger partial charge in [-0.1, -0.05) is 24.3 Å². The molecule has 0 aliphatic carbocycles. The first-order chi connectivity index (χ1) is 9.78. The molecule has 0 amide bonds. The molecule has 0 saturated carbocycles. The van der Waals surface area contributed by atoms with Crippen LogP contribution in [0.2, 0.25) is 0 Å². The van der Waals surface area contributed by atoms with Gasteiger partial charge in [0, 0.05) is 0 Å². The van der Waals surface area contributed by atoms with E-state index in [0.717, 1.165) is 22.3 Å². The van der Waals surface area contributed by atoms with Gasteiger partial charge in [0.05, 0.1) is 24.6 Å². The van der Waals surface area contributed by atoms with Gasteiger partial charge in [-0.25, -0.2) is 4.98 Å². The highest BCUT2D eigenvalue weighted by Crippen LogP contribution is 2.15. The highest BCUT2D eigenvalue weighted by molar-refractivity contribution is 5.91. The molecule has 0 atom stereocenters. The molecule has 1 aromatic heterocycles. The largest absolute Gasteiger partial charge is 0.497 e. The van der Waals surface area contributed by atoms with Gasteiger partial charge in [-0.05, 0) is 29.8 Å². The normalized spacial score (nSPS) is 10.7. The lowest BCUT2D eigenvalue weighted by atomic mass is 10.1. The summed E-state index contributed by atoms with van der Waals surface area (Å²) in [5, 5.41) is 0. The Kier molecular flexibility index (Phi) is 3.21. The zero-order chi connectivity index (χ0) is 13.9. The Bertz CT molecular complexity index is 745. The van der Waals surface area contributed by atoms with E-state index in [9.17, 15) is 4.79 Å². The molecule has 0 unspecified atom stereocenters. The predicted molar refractivity (Wildman–Crippen MR) is 77.1 cm³/mol. The monoisotopic (exact) mass is 266 g/mol. The zero-order valence-electron chi connectivity index (χ0n) is 11.1. The van der Waals surface area contributed by atoms with Crippen LogP contribution in [0.1, 0.15) is 10.4 Å². The van der Waals surface area contributed by atoms with Crippen molar-refractivity contribution in [2.45, 2.75) is 6.42 Å². The van der Waals surface area contributed by atoms with Gasteiger partial charge in [0.1, 0.15) is 12.1 Å². The predicted octanol–water partition coefficient (Wildman–Crippen LogP) is 2.93. The number of benzene rings is 2. The minimum atomic E-state index is 0.00358. The summed E-state index contributed by atoms with van der Waals surface area (Å²) in [7, 11) is 1.62. The number of carbonyl (C=O) groups is 1. The first-order valence-corrected chi connectivity index (χ1v) is 6.36. The van der Waals surface area contributed by atoms with Crippen LogP contribution >= 0.6 is 0 Å². The number of nitrogens with zero attached hydrogens (tertiary/aromatic N) is 2. The van der Waals surface area contributed by atoms with Gasteiger partial charge in [0.25, 0.3) is 0 Å². The molecular formula is C16H14N2O2. The Morgan fingerprint density at radius 3 is 2.65 bits per heavy atom. The van der Waals surface area contributed by atoms with Gasteiger partial charge < -0.3 is 4.74 Å². The van der Waals surface area contributed by atoms with Gasteiger partial charge in [-0.3, -0.25) is 9.36 Å². The van der Waals surface area contributed by atoms with Crippen LogP contribution in [0.25, 0.3) is 11.0 Å². The van der Waals surface area contributed by atoms with Crippen molar-refractivity contribution in [1.82, 2.24) is 9.55 Å². The van der Waals surface area contributed by atoms with Crippen molar-refractivity contribution in [2.75, 3.05) is 7.11 Å². The third-order valence-electron chi connectivity index (χ3n) is 3.24. The van der Waals surface area contributed by atoms with Crippen LogP contribution in [0, 0.1) is 0 Å². The minimum absolute atomic E-state index is 0.00358. The molecule has 3 aromatic rings. The molecule has 3 rings (SSSR count). The van der Waals surface area contributed by atoms with Gasteiger partial charge >= 0.3 is 0 Å². The number of carbonyl (C=O) groups excluding carboxylic acids is 1. The summed E-state index contributed by atoms with van der Waals surface area (Å²) in [6.07, 6.45) is 1.92. The molecule has 2 aromatic carbocycles. The number of methoxy groups -OCH3 is 1. The average Bonchev–Trinajstić information content (AvgIpc) is 2.92. The molecule has 0 fully saturated rings. The summed E-state index contributed by atoms with van der Waals surface area (Å²) in [5.74, 6) is 0.790. The van der Waals surface area contributed by atoms with Crippen molar-refractivity contribution in [3.63, 3.8) is 0 Å². The van der Waals surface area contributed by atoms with E-state index in [1.54, 1.807) is 18.0 Å². The molecule has 0 N–H and O–H groups in total. The lowest BCUT2D eigenvalue weighted by Gasteiger charge is -2.04. The highest BCUT2D eigenvalue weighted by atomic mass is 16.5. The van der Waals surface area contributed by atoms with Gasteiger partial charge in [0.15, 0.2) is 0 Å². The third kappa shape index (κ3) is 2.28. The van der Waals surface area contributed by atoms with Crippen molar-refractivity contribution in [3.8, 4) is 5.75 Å². The summed E-state index contributed by atoms with van der Waals surface area (Å²) in [6, 6.07) is 15.1. The second kappa shape index (κ2) is 5.17. The lowest BCUT2D eigenvalue weighted by molar-refractivity contribution is 0.0919. The summed E-state index contributed by atoms with van der Waals surface area (Å²) < 4.78 is 6.70. The smallest absolute Gasteiger partial charge is 0.236 e. The Morgan fingerprint density at radius 2 is 1.90 bits per heavy atom. The molecule has 1 heterocycles. The van der Waals surface area contributed by atoms with E-state index >= 15 is 0 Å². The van der Waals surface area contributed by atoms with Crippen molar-refractivity contribution in [2.24, 2.45) is 0 Å². The fourth-order valence-corrected chi connectivity index (χ4v) is 2.16. The Balaban J connectivity index is 1.85. The summed E-state index contributed by atoms with van der Waals surface area (Å²) in [4.78, 5) is 16.6. The van der Waals surface area contributed by atoms with Crippen LogP contribution in [0.5, 0.6) is 5.75 Å². The SMILES string of the molecule is COc1ccc(CC(=O)n2cnc3ccccc32)cc1. The van der Waals surface area contributed by atoms with E-state index in [2.05, 4.69) is 4.98 Å². The maximum atomic E-state index is 12.3. The Labute approximate surface area is 116 Å². The lowest BCUT2D eigenvalue weighted by Crippen LogP contribution is -2.12. The van der Waals surface area contributed by atoms with E-state index in [1.807, 2.05) is 48.5 Å². The van der Waals surface area contributed by atoms with Crippen LogP contribution in [0.4, 0.5) is 0 Å². The van der Waals surface area contributed by atoms with Crippen LogP contribution < -0.4 is 4.74 Å². The molecule has 20 heavy (non-hydrogen) atoms. The van der Waals surface area contributed by atoms with Crippen molar-refractivity contribution in [1.29, 1.82) is 0 Å². The van der Waals surface area contributed by atoms with Crippen LogP contribution in [0.15, 0.2) is 54.9 Å². The Hall–Kier alpha value is -2.62. The topological polar surface area (TPSA) is 44.1 Å². The third-order valence-corrected chi connectivity index (χ3v) is 3.24. The second-order valence-electron chi connectivity index (χ2n) is 4.52. The molecule has 0 spiro atoms. The van der Waals surface area contributed by atoms with E-state index in [-0.39, 0.29) is 5.91 Å². The maximum absolute atomic E-state index is 12.3. The second-order valence-corrected chi connectivity index (χ2v) is 4.52. The van der Waals surface area contributed by atoms with Crippen LogP contribution in [-0.2, 0) is 6.42 Å². The van der Waals surface area contributed by atoms with Crippen molar-refractivity contribution < 1.29 is 9.53 Å². The number of imidazole rings is 1. The average molecular weight is 266 g/mol. The van der Waals surface area contributed by atoms with E-state index in [4.69, 9.17) is 4.74 Å². The Morgan fingerprint density at radius 1 is 1.15 bits per heavy atom. The fraction of sp³-hybridized carbons (Fsp3) is 0.125. The molecular weight excluding hydrogens is 252 g/mol. The quantitative estimate of drug-likeness (QED) is 0.732. The molecule has 0 aliphatic rings. The molecule has 0 bridgehead atoms. The van der Waals surface area contributed by atoms with Crippen LogP contribution in [-0.4, -0.2) is 22.6 Å². The molecule has 0 radical (unpaired) electrons. The molecule has 0 aliphatic heterocycles. The molecule has 0 saturated heterocycles. The molecule has 4 nitrogen and oxygen atoms in total. The van der Waals surface area contributed by atoms with Gasteiger partial charge in [-0.15, -0.1) is 0 Å². The van der Waals surface area contributed by atoms with Gasteiger partial charge in [0.2, 0.25) is 5.91 Å². The number of aromatic nitrogens is 2. The number of para-hydroxylation sites is 2. The van der Waals surface area contributed by atoms with Crippen molar-refractivity contribution in [3.05, 3.63) is 60.4 Å². The number of hydrogen-bond acceptors (Lipinski definition) is 3. The minimum Gasteiger partial charge on any atom is -0.497 e. The number of hydrogen-bond donors (Lipinski definition) is 0. The number of rotatable bonds is 3. The summed E-state index contributed by atoms with van der Waals surface area (Å²) in [5.41, 5.74) is 2.62. The first-order valence-electron chi connectivity index (χ1n) is 6.36. The van der Waals surface area contributed by atoms with Gasteiger partial charge in [-0.2, -0.15) is 0 Å². The summed E-state index contributed by atoms with van der Waals surface area (Å²) >= 11 is 0. The molecule has 100 valence electrons. The molecule has 4 heteroatoms. The van der Waals surface area contributed by atoms with Crippen molar-refractivity contribution >= 4 is 16.9 Å². The maximum Gasteiger partial charge on any atom is 0.236 e. The van der Waals surface area contributed by atoms with E-state index in [0.29, 0.717) is 6.42 Å². The zero-order valence-corrected chi connectivity index (χ0v) is 11.1. The standard InChI is InChI=1S/C16H14N2O2/c1-20-13-8-6-12(7-9-13)10-16(19)18-11-17-14-4-2-3-5-15(14)18/h2-9,11H,10H2,1H3. The summed E-state index contributed by atoms with van der Waals surface area (Å²) in [6.45, 7) is 0. The number of fused-ring (bicyclic) bond motifs is 1. The fourth-order valence-electron chi connectivity index (χ4n) is 2.16. The van der Waals surface area contributed by atoms with E-state index < -0.39 is 0 Å². The van der Waals surface area contributed by atoms with E-state index in [1.165, 1.54) is 0 Å². The number of ether oxygens (including phenoxy) is 1. The van der Waals surface area contributed by atoms with Crippen LogP contribution in [0.3, 0.4) is 0 Å². The first kappa shape index (κ1) is 12.4. The highest BCUT2D eigenvalue weighted by Gasteiger charge is 2.10.